The van der Waals surface area contributed by atoms with Gasteiger partial charge in [0.1, 0.15) is 12.4 Å². The van der Waals surface area contributed by atoms with Crippen molar-refractivity contribution in [1.82, 2.24) is 10.2 Å². The molecule has 5 heteroatoms. The Hall–Kier alpha value is -2.04. The van der Waals surface area contributed by atoms with Crippen molar-refractivity contribution in [1.29, 1.82) is 0 Å². The Morgan fingerprint density at radius 3 is 2.60 bits per heavy atom. The van der Waals surface area contributed by atoms with Gasteiger partial charge in [0, 0.05) is 19.6 Å². The maximum Gasteiger partial charge on any atom is 0.257 e. The number of ether oxygens (including phenoxy) is 1. The molecule has 1 N–H and O–H groups in total. The molecular formula is C20H25ClN2O2. The molecule has 1 aliphatic heterocycles. The van der Waals surface area contributed by atoms with Gasteiger partial charge in [-0.05, 0) is 37.1 Å². The van der Waals surface area contributed by atoms with Gasteiger partial charge in [-0.1, -0.05) is 42.5 Å². The highest BCUT2D eigenvalue weighted by Crippen LogP contribution is 2.22. The van der Waals surface area contributed by atoms with E-state index in [1.54, 1.807) is 0 Å². The summed E-state index contributed by atoms with van der Waals surface area (Å²) >= 11 is 0. The van der Waals surface area contributed by atoms with Crippen molar-refractivity contribution in [2.45, 2.75) is 25.5 Å². The molecule has 0 aromatic heterocycles. The summed E-state index contributed by atoms with van der Waals surface area (Å²) in [5.74, 6) is 0.661. The largest absolute Gasteiger partial charge is 0.488 e. The van der Waals surface area contributed by atoms with E-state index in [2.05, 4.69) is 5.32 Å². The highest BCUT2D eigenvalue weighted by molar-refractivity contribution is 5.97. The van der Waals surface area contributed by atoms with Gasteiger partial charge in [-0.2, -0.15) is 0 Å². The molecule has 4 nitrogen and oxygen atoms in total. The van der Waals surface area contributed by atoms with Crippen molar-refractivity contribution in [3.05, 3.63) is 65.7 Å². The molecule has 25 heavy (non-hydrogen) atoms. The zero-order valence-corrected chi connectivity index (χ0v) is 15.3. The molecule has 2 aromatic rings. The number of benzene rings is 2. The molecule has 0 radical (unpaired) electrons. The van der Waals surface area contributed by atoms with E-state index in [4.69, 9.17) is 4.74 Å². The zero-order chi connectivity index (χ0) is 16.8. The standard InChI is InChI=1S/C20H24N2O2.ClH/c1-22(17-10-7-13-21-14-17)20(23)18-11-5-6-12-19(18)24-15-16-8-3-2-4-9-16;/h2-6,8-9,11-12,17,21H,7,10,13-15H2,1H3;1H. The third-order valence-corrected chi connectivity index (χ3v) is 4.49. The number of hydrogen-bond acceptors (Lipinski definition) is 3. The fraction of sp³-hybridized carbons (Fsp3) is 0.350. The van der Waals surface area contributed by atoms with Gasteiger partial charge in [-0.25, -0.2) is 0 Å². The number of carbonyl (C=O) groups is 1. The van der Waals surface area contributed by atoms with Gasteiger partial charge in [0.15, 0.2) is 0 Å². The Morgan fingerprint density at radius 2 is 1.88 bits per heavy atom. The summed E-state index contributed by atoms with van der Waals surface area (Å²) in [6.45, 7) is 2.35. The number of nitrogens with one attached hydrogen (secondary N) is 1. The predicted octanol–water partition coefficient (Wildman–Crippen LogP) is 3.51. The minimum atomic E-state index is 0. The van der Waals surface area contributed by atoms with E-state index in [1.165, 1.54) is 0 Å². The molecule has 3 rings (SSSR count). The number of hydrogen-bond donors (Lipinski definition) is 1. The minimum absolute atomic E-state index is 0. The Morgan fingerprint density at radius 1 is 1.16 bits per heavy atom. The van der Waals surface area contributed by atoms with E-state index in [0.29, 0.717) is 17.9 Å². The highest BCUT2D eigenvalue weighted by atomic mass is 35.5. The predicted molar refractivity (Wildman–Crippen MR) is 102 cm³/mol. The molecule has 0 aliphatic carbocycles. The fourth-order valence-corrected chi connectivity index (χ4v) is 3.02. The van der Waals surface area contributed by atoms with Gasteiger partial charge < -0.3 is 15.0 Å². The first-order valence-corrected chi connectivity index (χ1v) is 8.49. The number of rotatable bonds is 5. The van der Waals surface area contributed by atoms with E-state index in [-0.39, 0.29) is 24.4 Å². The van der Waals surface area contributed by atoms with Gasteiger partial charge in [0.25, 0.3) is 5.91 Å². The summed E-state index contributed by atoms with van der Waals surface area (Å²) in [6, 6.07) is 17.7. The summed E-state index contributed by atoms with van der Waals surface area (Å²) in [7, 11) is 1.88. The number of piperidine rings is 1. The molecule has 1 aliphatic rings. The molecule has 134 valence electrons. The van der Waals surface area contributed by atoms with Crippen LogP contribution in [0.4, 0.5) is 0 Å². The summed E-state index contributed by atoms with van der Waals surface area (Å²) in [6.07, 6.45) is 2.15. The van der Waals surface area contributed by atoms with Crippen LogP contribution in [-0.2, 0) is 6.61 Å². The van der Waals surface area contributed by atoms with E-state index in [0.717, 1.165) is 31.5 Å². The first kappa shape index (κ1) is 19.3. The molecule has 1 heterocycles. The molecule has 1 amide bonds. The normalized spacial score (nSPS) is 16.6. The van der Waals surface area contributed by atoms with Crippen LogP contribution in [0.5, 0.6) is 5.75 Å². The lowest BCUT2D eigenvalue weighted by atomic mass is 10.0. The van der Waals surface area contributed by atoms with Gasteiger partial charge in [0.05, 0.1) is 5.56 Å². The number of halogens is 1. The lowest BCUT2D eigenvalue weighted by Crippen LogP contribution is -2.46. The highest BCUT2D eigenvalue weighted by Gasteiger charge is 2.24. The Labute approximate surface area is 155 Å². The van der Waals surface area contributed by atoms with Crippen molar-refractivity contribution in [2.75, 3.05) is 20.1 Å². The van der Waals surface area contributed by atoms with Crippen LogP contribution in [0.15, 0.2) is 54.6 Å². The quantitative estimate of drug-likeness (QED) is 0.887. The average molecular weight is 361 g/mol. The second kappa shape index (κ2) is 9.44. The van der Waals surface area contributed by atoms with Crippen LogP contribution in [0.3, 0.4) is 0 Å². The molecule has 0 bridgehead atoms. The lowest BCUT2D eigenvalue weighted by Gasteiger charge is -2.32. The second-order valence-corrected chi connectivity index (χ2v) is 6.19. The smallest absolute Gasteiger partial charge is 0.257 e. The maximum absolute atomic E-state index is 12.9. The van der Waals surface area contributed by atoms with Crippen LogP contribution in [-0.4, -0.2) is 37.0 Å². The van der Waals surface area contributed by atoms with Crippen molar-refractivity contribution in [2.24, 2.45) is 0 Å². The first-order chi connectivity index (χ1) is 11.8. The number of amides is 1. The maximum atomic E-state index is 12.9. The van der Waals surface area contributed by atoms with Crippen LogP contribution in [0.1, 0.15) is 28.8 Å². The van der Waals surface area contributed by atoms with Crippen molar-refractivity contribution >= 4 is 18.3 Å². The zero-order valence-electron chi connectivity index (χ0n) is 14.5. The topological polar surface area (TPSA) is 41.6 Å². The van der Waals surface area contributed by atoms with E-state index in [1.807, 2.05) is 66.5 Å². The van der Waals surface area contributed by atoms with Gasteiger partial charge >= 0.3 is 0 Å². The van der Waals surface area contributed by atoms with Crippen LogP contribution >= 0.6 is 12.4 Å². The number of nitrogens with zero attached hydrogens (tertiary/aromatic N) is 1. The summed E-state index contributed by atoms with van der Waals surface area (Å²) < 4.78 is 5.92. The molecule has 2 aromatic carbocycles. The third-order valence-electron chi connectivity index (χ3n) is 4.49. The van der Waals surface area contributed by atoms with Crippen molar-refractivity contribution < 1.29 is 9.53 Å². The average Bonchev–Trinajstić information content (AvgIpc) is 2.67. The number of carbonyl (C=O) groups excluding carboxylic acids is 1. The number of likely N-dealkylation sites (N-methyl/N-ethyl adjacent to an activating group) is 1. The molecule has 0 spiro atoms. The SMILES string of the molecule is CN(C(=O)c1ccccc1OCc1ccccc1)C1CCCNC1.Cl. The molecule has 1 fully saturated rings. The Balaban J connectivity index is 0.00000225. The third kappa shape index (κ3) is 4.97. The van der Waals surface area contributed by atoms with Crippen LogP contribution in [0.25, 0.3) is 0 Å². The first-order valence-electron chi connectivity index (χ1n) is 8.49. The second-order valence-electron chi connectivity index (χ2n) is 6.19. The van der Waals surface area contributed by atoms with Gasteiger partial charge in [-0.15, -0.1) is 12.4 Å². The van der Waals surface area contributed by atoms with Crippen LogP contribution < -0.4 is 10.1 Å². The molecule has 1 unspecified atom stereocenters. The van der Waals surface area contributed by atoms with Crippen LogP contribution in [0.2, 0.25) is 0 Å². The van der Waals surface area contributed by atoms with E-state index in [9.17, 15) is 4.79 Å². The van der Waals surface area contributed by atoms with Gasteiger partial charge in [0.2, 0.25) is 0 Å². The summed E-state index contributed by atoms with van der Waals surface area (Å²) in [5, 5.41) is 3.36. The summed E-state index contributed by atoms with van der Waals surface area (Å²) in [5.41, 5.74) is 1.71. The van der Waals surface area contributed by atoms with E-state index >= 15 is 0 Å². The van der Waals surface area contributed by atoms with Crippen molar-refractivity contribution in [3.63, 3.8) is 0 Å². The van der Waals surface area contributed by atoms with Gasteiger partial charge in [-0.3, -0.25) is 4.79 Å². The molecule has 1 atom stereocenters. The Bertz CT molecular complexity index is 672. The molecular weight excluding hydrogens is 336 g/mol. The fourth-order valence-electron chi connectivity index (χ4n) is 3.02. The molecule has 1 saturated heterocycles. The molecule has 0 saturated carbocycles. The lowest BCUT2D eigenvalue weighted by molar-refractivity contribution is 0.0703. The minimum Gasteiger partial charge on any atom is -0.488 e. The summed E-state index contributed by atoms with van der Waals surface area (Å²) in [4.78, 5) is 14.7. The number of para-hydroxylation sites is 1. The monoisotopic (exact) mass is 360 g/mol. The van der Waals surface area contributed by atoms with Crippen molar-refractivity contribution in [3.8, 4) is 5.75 Å². The Kier molecular flexibility index (Phi) is 7.29. The van der Waals surface area contributed by atoms with Crippen LogP contribution in [0, 0.1) is 0 Å². The van der Waals surface area contributed by atoms with E-state index < -0.39 is 0 Å².